The van der Waals surface area contributed by atoms with Gasteiger partial charge in [0.05, 0.1) is 0 Å². The molecule has 21 heavy (non-hydrogen) atoms. The smallest absolute Gasteiger partial charge is 0.223 e. The molecule has 1 saturated heterocycles. The molecular weight excluding hydrogens is 348 g/mol. The average Bonchev–Trinajstić information content (AvgIpc) is 2.49. The summed E-state index contributed by atoms with van der Waals surface area (Å²) < 4.78 is 1.08. The highest BCUT2D eigenvalue weighted by Crippen LogP contribution is 2.23. The van der Waals surface area contributed by atoms with Crippen LogP contribution in [-0.4, -0.2) is 35.2 Å². The minimum Gasteiger partial charge on any atom is -0.338 e. The molecule has 0 bridgehead atoms. The Bertz CT molecular complexity index is 464. The first-order chi connectivity index (χ1) is 10.1. The monoisotopic (exact) mass is 370 g/mol. The van der Waals surface area contributed by atoms with Crippen molar-refractivity contribution in [2.45, 2.75) is 49.6 Å². The number of carbonyl (C=O) groups excluding carboxylic acids is 1. The minimum atomic E-state index is 0.0633. The summed E-state index contributed by atoms with van der Waals surface area (Å²) in [5.41, 5.74) is 6.03. The second kappa shape index (κ2) is 8.20. The molecule has 2 atom stereocenters. The van der Waals surface area contributed by atoms with Crippen LogP contribution in [-0.2, 0) is 4.79 Å². The molecule has 1 heterocycles. The Labute approximate surface area is 139 Å². The Balaban J connectivity index is 1.81. The Morgan fingerprint density at radius 1 is 1.43 bits per heavy atom. The molecule has 1 fully saturated rings. The number of hydrogen-bond acceptors (Lipinski definition) is 3. The molecule has 2 rings (SSSR count). The van der Waals surface area contributed by atoms with Gasteiger partial charge < -0.3 is 10.6 Å². The van der Waals surface area contributed by atoms with E-state index >= 15 is 0 Å². The Hall–Kier alpha value is -0.520. The number of likely N-dealkylation sites (tertiary alicyclic amines) is 1. The summed E-state index contributed by atoms with van der Waals surface area (Å²) in [6.07, 6.45) is 3.92. The third-order valence-corrected chi connectivity index (χ3v) is 5.42. The molecule has 0 radical (unpaired) electrons. The van der Waals surface area contributed by atoms with Crippen LogP contribution >= 0.6 is 27.7 Å². The summed E-state index contributed by atoms with van der Waals surface area (Å²) in [7, 11) is 0. The van der Waals surface area contributed by atoms with E-state index in [1.807, 2.05) is 24.0 Å². The summed E-state index contributed by atoms with van der Waals surface area (Å²) >= 11 is 5.16. The van der Waals surface area contributed by atoms with Gasteiger partial charge in [-0.1, -0.05) is 15.9 Å². The second-order valence-electron chi connectivity index (χ2n) is 5.56. The van der Waals surface area contributed by atoms with Gasteiger partial charge in [0.25, 0.3) is 0 Å². The number of hydrogen-bond donors (Lipinski definition) is 1. The predicted molar refractivity (Wildman–Crippen MR) is 92.5 cm³/mol. The number of nitrogens with two attached hydrogens (primary N) is 1. The second-order valence-corrected chi connectivity index (χ2v) is 7.65. The van der Waals surface area contributed by atoms with E-state index in [0.717, 1.165) is 29.6 Å². The first-order valence-electron chi connectivity index (χ1n) is 7.51. The maximum atomic E-state index is 12.4. The highest BCUT2D eigenvalue weighted by molar-refractivity contribution is 9.10. The molecule has 1 aromatic rings. The SMILES string of the molecule is CC(N)C1CCCCN1C(=O)CCSc1ccc(Br)cc1. The van der Waals surface area contributed by atoms with Crippen molar-refractivity contribution >= 4 is 33.6 Å². The number of halogens is 1. The van der Waals surface area contributed by atoms with Crippen LogP contribution < -0.4 is 5.73 Å². The van der Waals surface area contributed by atoms with E-state index in [1.54, 1.807) is 11.8 Å². The number of nitrogens with zero attached hydrogens (tertiary/aromatic N) is 1. The maximum Gasteiger partial charge on any atom is 0.223 e. The van der Waals surface area contributed by atoms with Crippen LogP contribution in [0.5, 0.6) is 0 Å². The standard InChI is InChI=1S/C16H23BrN2OS/c1-12(18)15-4-2-3-10-19(15)16(20)9-11-21-14-7-5-13(17)6-8-14/h5-8,12,15H,2-4,9-11,18H2,1H3. The quantitative estimate of drug-likeness (QED) is 0.804. The van der Waals surface area contributed by atoms with E-state index in [9.17, 15) is 4.79 Å². The summed E-state index contributed by atoms with van der Waals surface area (Å²) in [6, 6.07) is 8.50. The Morgan fingerprint density at radius 3 is 2.81 bits per heavy atom. The van der Waals surface area contributed by atoms with Crippen molar-refractivity contribution in [2.24, 2.45) is 5.73 Å². The molecule has 1 aliphatic rings. The summed E-state index contributed by atoms with van der Waals surface area (Å²) in [6.45, 7) is 2.88. The minimum absolute atomic E-state index is 0.0633. The molecule has 0 spiro atoms. The third kappa shape index (κ3) is 5.01. The first kappa shape index (κ1) is 16.8. The van der Waals surface area contributed by atoms with Crippen LogP contribution in [0.25, 0.3) is 0 Å². The molecule has 0 aliphatic carbocycles. The molecule has 116 valence electrons. The van der Waals surface area contributed by atoms with Crippen LogP contribution in [0.1, 0.15) is 32.6 Å². The van der Waals surface area contributed by atoms with E-state index in [1.165, 1.54) is 11.3 Å². The van der Waals surface area contributed by atoms with Gasteiger partial charge in [-0.05, 0) is 50.5 Å². The van der Waals surface area contributed by atoms with Gasteiger partial charge in [-0.25, -0.2) is 0 Å². The zero-order chi connectivity index (χ0) is 15.2. The lowest BCUT2D eigenvalue weighted by Crippen LogP contribution is -2.51. The number of piperidine rings is 1. The molecule has 5 heteroatoms. The van der Waals surface area contributed by atoms with E-state index in [0.29, 0.717) is 6.42 Å². The number of amides is 1. The van der Waals surface area contributed by atoms with Crippen molar-refractivity contribution in [3.8, 4) is 0 Å². The van der Waals surface area contributed by atoms with Gasteiger partial charge in [0.15, 0.2) is 0 Å². The van der Waals surface area contributed by atoms with Gasteiger partial charge >= 0.3 is 0 Å². The van der Waals surface area contributed by atoms with Crippen molar-refractivity contribution in [1.29, 1.82) is 0 Å². The largest absolute Gasteiger partial charge is 0.338 e. The lowest BCUT2D eigenvalue weighted by molar-refractivity contribution is -0.134. The van der Waals surface area contributed by atoms with Gasteiger partial charge in [0.2, 0.25) is 5.91 Å². The number of benzene rings is 1. The molecule has 1 aliphatic heterocycles. The van der Waals surface area contributed by atoms with Gasteiger partial charge in [-0.15, -0.1) is 11.8 Å². The van der Waals surface area contributed by atoms with Crippen molar-refractivity contribution in [3.63, 3.8) is 0 Å². The Kier molecular flexibility index (Phi) is 6.58. The molecule has 3 nitrogen and oxygen atoms in total. The first-order valence-corrected chi connectivity index (χ1v) is 9.29. The lowest BCUT2D eigenvalue weighted by Gasteiger charge is -2.38. The zero-order valence-electron chi connectivity index (χ0n) is 12.4. The van der Waals surface area contributed by atoms with Crippen molar-refractivity contribution in [1.82, 2.24) is 4.90 Å². The zero-order valence-corrected chi connectivity index (χ0v) is 14.8. The molecule has 0 saturated carbocycles. The normalized spacial score (nSPS) is 20.3. The van der Waals surface area contributed by atoms with Crippen LogP contribution in [0.4, 0.5) is 0 Å². The van der Waals surface area contributed by atoms with Gasteiger partial charge in [-0.2, -0.15) is 0 Å². The van der Waals surface area contributed by atoms with E-state index in [2.05, 4.69) is 28.1 Å². The fourth-order valence-electron chi connectivity index (χ4n) is 2.74. The highest BCUT2D eigenvalue weighted by atomic mass is 79.9. The van der Waals surface area contributed by atoms with Gasteiger partial charge in [0.1, 0.15) is 0 Å². The Morgan fingerprint density at radius 2 is 2.14 bits per heavy atom. The van der Waals surface area contributed by atoms with Crippen molar-refractivity contribution in [3.05, 3.63) is 28.7 Å². The lowest BCUT2D eigenvalue weighted by atomic mass is 9.96. The molecule has 2 N–H and O–H groups in total. The maximum absolute atomic E-state index is 12.4. The highest BCUT2D eigenvalue weighted by Gasteiger charge is 2.28. The molecular formula is C16H23BrN2OS. The van der Waals surface area contributed by atoms with Crippen LogP contribution in [0.15, 0.2) is 33.6 Å². The fraction of sp³-hybridized carbons (Fsp3) is 0.562. The van der Waals surface area contributed by atoms with Crippen molar-refractivity contribution < 1.29 is 4.79 Å². The number of thioether (sulfide) groups is 1. The van der Waals surface area contributed by atoms with E-state index in [4.69, 9.17) is 5.73 Å². The number of rotatable bonds is 5. The molecule has 0 aromatic heterocycles. The summed E-state index contributed by atoms with van der Waals surface area (Å²) in [5, 5.41) is 0. The summed E-state index contributed by atoms with van der Waals surface area (Å²) in [4.78, 5) is 15.6. The van der Waals surface area contributed by atoms with E-state index < -0.39 is 0 Å². The van der Waals surface area contributed by atoms with Crippen LogP contribution in [0.2, 0.25) is 0 Å². The average molecular weight is 371 g/mol. The number of carbonyl (C=O) groups is 1. The predicted octanol–water partition coefficient (Wildman–Crippen LogP) is 3.66. The van der Waals surface area contributed by atoms with E-state index in [-0.39, 0.29) is 18.0 Å². The van der Waals surface area contributed by atoms with Crippen LogP contribution in [0, 0.1) is 0 Å². The fourth-order valence-corrected chi connectivity index (χ4v) is 3.85. The molecule has 2 unspecified atom stereocenters. The third-order valence-electron chi connectivity index (χ3n) is 3.87. The molecule has 1 aromatic carbocycles. The van der Waals surface area contributed by atoms with Crippen molar-refractivity contribution in [2.75, 3.05) is 12.3 Å². The van der Waals surface area contributed by atoms with Crippen LogP contribution in [0.3, 0.4) is 0 Å². The summed E-state index contributed by atoms with van der Waals surface area (Å²) in [5.74, 6) is 1.07. The molecule has 1 amide bonds. The topological polar surface area (TPSA) is 46.3 Å². The van der Waals surface area contributed by atoms with Gasteiger partial charge in [0, 0.05) is 40.2 Å². The van der Waals surface area contributed by atoms with Gasteiger partial charge in [-0.3, -0.25) is 4.79 Å².